The van der Waals surface area contributed by atoms with Gasteiger partial charge in [-0.25, -0.2) is 0 Å². The standard InChI is InChI=1S/C30H37N3O7/c1-6-39-22-13-9-19(10-14-22)31-26(35)23-24-28(37)33(18(3)16-34)25(30(24)15-17(2)29(23,4)40-30)27(36)32-20-7-11-21(38-5)12-8-20/h7-14,17-18,23-25,34H,6,15-16H2,1-5H3,(H,31,35)(H,32,36)/t17?,18-,23+,24+,25?,29-,30?/m1/s1. The van der Waals surface area contributed by atoms with E-state index in [0.29, 0.717) is 35.9 Å². The summed E-state index contributed by atoms with van der Waals surface area (Å²) in [5, 5.41) is 15.9. The number of nitrogens with one attached hydrogen (secondary N) is 2. The van der Waals surface area contributed by atoms with Gasteiger partial charge in [0, 0.05) is 11.4 Å². The van der Waals surface area contributed by atoms with E-state index in [1.54, 1.807) is 62.6 Å². The number of ether oxygens (including phenoxy) is 3. The molecule has 40 heavy (non-hydrogen) atoms. The van der Waals surface area contributed by atoms with E-state index in [1.165, 1.54) is 4.90 Å². The second kappa shape index (κ2) is 10.4. The van der Waals surface area contributed by atoms with Gasteiger partial charge in [0.25, 0.3) is 0 Å². The zero-order valence-corrected chi connectivity index (χ0v) is 23.5. The summed E-state index contributed by atoms with van der Waals surface area (Å²) in [7, 11) is 1.56. The summed E-state index contributed by atoms with van der Waals surface area (Å²) >= 11 is 0. The number of carbonyl (C=O) groups excluding carboxylic acids is 3. The Hall–Kier alpha value is -3.63. The van der Waals surface area contributed by atoms with Crippen LogP contribution in [0.1, 0.15) is 34.1 Å². The SMILES string of the molecule is CCOc1ccc(NC(=O)[C@@H]2[C@H]3C(=O)N([C@H](C)CO)C(C(=O)Nc4ccc(OC)cc4)C34CC(C)[C@@]2(C)O4)cc1. The van der Waals surface area contributed by atoms with Crippen LogP contribution in [0, 0.1) is 17.8 Å². The summed E-state index contributed by atoms with van der Waals surface area (Å²) in [5.41, 5.74) is -1.07. The van der Waals surface area contributed by atoms with Crippen molar-refractivity contribution in [3.05, 3.63) is 48.5 Å². The van der Waals surface area contributed by atoms with E-state index in [2.05, 4.69) is 10.6 Å². The number of rotatable bonds is 9. The first-order valence-corrected chi connectivity index (χ1v) is 13.7. The third kappa shape index (κ3) is 4.30. The number of likely N-dealkylation sites (tertiary alicyclic amines) is 1. The first-order valence-electron chi connectivity index (χ1n) is 13.7. The molecule has 10 heteroatoms. The Morgan fingerprint density at radius 3 is 2.20 bits per heavy atom. The smallest absolute Gasteiger partial charge is 0.250 e. The van der Waals surface area contributed by atoms with Gasteiger partial charge in [-0.1, -0.05) is 6.92 Å². The van der Waals surface area contributed by atoms with Crippen LogP contribution in [0.3, 0.4) is 0 Å². The van der Waals surface area contributed by atoms with Crippen LogP contribution in [0.25, 0.3) is 0 Å². The zero-order valence-electron chi connectivity index (χ0n) is 23.5. The fourth-order valence-corrected chi connectivity index (χ4v) is 6.84. The molecular formula is C30H37N3O7. The van der Waals surface area contributed by atoms with Gasteiger partial charge >= 0.3 is 0 Å². The van der Waals surface area contributed by atoms with Crippen LogP contribution >= 0.6 is 0 Å². The van der Waals surface area contributed by atoms with Crippen LogP contribution in [0.5, 0.6) is 11.5 Å². The summed E-state index contributed by atoms with van der Waals surface area (Å²) in [4.78, 5) is 43.3. The molecule has 0 aliphatic carbocycles. The molecule has 7 atom stereocenters. The molecule has 3 N–H and O–H groups in total. The third-order valence-electron chi connectivity index (χ3n) is 8.81. The lowest BCUT2D eigenvalue weighted by Crippen LogP contribution is -2.56. The Balaban J connectivity index is 1.48. The number of hydrogen-bond acceptors (Lipinski definition) is 7. The van der Waals surface area contributed by atoms with Gasteiger partial charge in [-0.2, -0.15) is 0 Å². The predicted molar refractivity (Wildman–Crippen MR) is 148 cm³/mol. The van der Waals surface area contributed by atoms with Crippen LogP contribution in [0.15, 0.2) is 48.5 Å². The minimum absolute atomic E-state index is 0.103. The molecule has 3 aliphatic heterocycles. The molecule has 0 aromatic heterocycles. The quantitative estimate of drug-likeness (QED) is 0.437. The van der Waals surface area contributed by atoms with E-state index in [9.17, 15) is 19.5 Å². The van der Waals surface area contributed by atoms with Crippen molar-refractivity contribution in [2.24, 2.45) is 17.8 Å². The highest BCUT2D eigenvalue weighted by Crippen LogP contribution is 2.65. The number of carbonyl (C=O) groups is 3. The van der Waals surface area contributed by atoms with Crippen molar-refractivity contribution in [3.63, 3.8) is 0 Å². The first kappa shape index (κ1) is 27.9. The van der Waals surface area contributed by atoms with E-state index < -0.39 is 41.0 Å². The maximum Gasteiger partial charge on any atom is 0.250 e. The Morgan fingerprint density at radius 1 is 1.07 bits per heavy atom. The number of aliphatic hydroxyl groups excluding tert-OH is 1. The average Bonchev–Trinajstić information content (AvgIpc) is 3.46. The molecule has 3 saturated heterocycles. The fraction of sp³-hybridized carbons (Fsp3) is 0.500. The van der Waals surface area contributed by atoms with E-state index in [-0.39, 0.29) is 24.3 Å². The van der Waals surface area contributed by atoms with E-state index in [4.69, 9.17) is 14.2 Å². The lowest BCUT2D eigenvalue weighted by molar-refractivity contribution is -0.147. The lowest BCUT2D eigenvalue weighted by Gasteiger charge is -2.36. The maximum absolute atomic E-state index is 14.1. The third-order valence-corrected chi connectivity index (χ3v) is 8.81. The zero-order chi connectivity index (χ0) is 28.8. The number of fused-ring (bicyclic) bond motifs is 1. The molecule has 3 aliphatic rings. The van der Waals surface area contributed by atoms with Crippen LogP contribution in [-0.4, -0.2) is 71.3 Å². The number of nitrogens with zero attached hydrogens (tertiary/aromatic N) is 1. The average molecular weight is 552 g/mol. The monoisotopic (exact) mass is 551 g/mol. The summed E-state index contributed by atoms with van der Waals surface area (Å²) in [5.74, 6) is -1.61. The first-order chi connectivity index (χ1) is 19.1. The molecule has 0 radical (unpaired) electrons. The van der Waals surface area contributed by atoms with Gasteiger partial charge in [0.05, 0.1) is 43.8 Å². The van der Waals surface area contributed by atoms with Crippen molar-refractivity contribution >= 4 is 29.1 Å². The molecule has 3 fully saturated rings. The van der Waals surface area contributed by atoms with Crippen molar-refractivity contribution < 1.29 is 33.7 Å². The number of anilines is 2. The predicted octanol–water partition coefficient (Wildman–Crippen LogP) is 3.06. The minimum atomic E-state index is -1.22. The Morgan fingerprint density at radius 2 is 1.65 bits per heavy atom. The molecule has 2 bridgehead atoms. The van der Waals surface area contributed by atoms with Gasteiger partial charge in [0.1, 0.15) is 23.1 Å². The van der Waals surface area contributed by atoms with Crippen molar-refractivity contribution in [1.82, 2.24) is 4.90 Å². The summed E-state index contributed by atoms with van der Waals surface area (Å²) in [6.45, 7) is 7.63. The van der Waals surface area contributed by atoms with E-state index >= 15 is 0 Å². The molecular weight excluding hydrogens is 514 g/mol. The second-order valence-corrected chi connectivity index (χ2v) is 11.1. The Bertz CT molecular complexity index is 1280. The van der Waals surface area contributed by atoms with Gasteiger partial charge in [0.2, 0.25) is 17.7 Å². The summed E-state index contributed by atoms with van der Waals surface area (Å²) < 4.78 is 17.4. The highest BCUT2D eigenvalue weighted by molar-refractivity contribution is 6.05. The summed E-state index contributed by atoms with van der Waals surface area (Å²) in [6, 6.07) is 12.3. The van der Waals surface area contributed by atoms with E-state index in [1.807, 2.05) is 20.8 Å². The van der Waals surface area contributed by atoms with Crippen molar-refractivity contribution in [1.29, 1.82) is 0 Å². The van der Waals surface area contributed by atoms with Gasteiger partial charge in [0.15, 0.2) is 0 Å². The van der Waals surface area contributed by atoms with Gasteiger partial charge < -0.3 is 34.9 Å². The fourth-order valence-electron chi connectivity index (χ4n) is 6.84. The molecule has 2 aromatic rings. The number of hydrogen-bond donors (Lipinski definition) is 3. The maximum atomic E-state index is 14.1. The number of amides is 3. The van der Waals surface area contributed by atoms with Crippen LogP contribution < -0.4 is 20.1 Å². The highest BCUT2D eigenvalue weighted by atomic mass is 16.5. The Labute approximate surface area is 234 Å². The Kier molecular flexibility index (Phi) is 7.26. The minimum Gasteiger partial charge on any atom is -0.497 e. The molecule has 1 spiro atoms. The molecule has 2 aromatic carbocycles. The van der Waals surface area contributed by atoms with Gasteiger partial charge in [-0.3, -0.25) is 14.4 Å². The van der Waals surface area contributed by atoms with Crippen LogP contribution in [-0.2, 0) is 19.1 Å². The molecule has 3 unspecified atom stereocenters. The van der Waals surface area contributed by atoms with Crippen molar-refractivity contribution in [2.75, 3.05) is 31.0 Å². The highest BCUT2D eigenvalue weighted by Gasteiger charge is 2.80. The van der Waals surface area contributed by atoms with Gasteiger partial charge in [-0.05, 0) is 81.6 Å². The second-order valence-electron chi connectivity index (χ2n) is 11.1. The largest absolute Gasteiger partial charge is 0.497 e. The topological polar surface area (TPSA) is 126 Å². The number of benzene rings is 2. The molecule has 5 rings (SSSR count). The molecule has 0 saturated carbocycles. The number of methoxy groups -OCH3 is 1. The molecule has 214 valence electrons. The van der Waals surface area contributed by atoms with Crippen molar-refractivity contribution in [3.8, 4) is 11.5 Å². The van der Waals surface area contributed by atoms with Crippen molar-refractivity contribution in [2.45, 2.75) is 57.4 Å². The molecule has 10 nitrogen and oxygen atoms in total. The molecule has 3 heterocycles. The number of aliphatic hydroxyl groups is 1. The van der Waals surface area contributed by atoms with E-state index in [0.717, 1.165) is 0 Å². The molecule has 3 amide bonds. The summed E-state index contributed by atoms with van der Waals surface area (Å²) in [6.07, 6.45) is 0.433. The normalized spacial score (nSPS) is 31.1. The van der Waals surface area contributed by atoms with Gasteiger partial charge in [-0.15, -0.1) is 0 Å². The van der Waals surface area contributed by atoms with Crippen LogP contribution in [0.4, 0.5) is 11.4 Å². The van der Waals surface area contributed by atoms with Crippen LogP contribution in [0.2, 0.25) is 0 Å². The lowest BCUT2D eigenvalue weighted by atomic mass is 9.62.